The largest absolute Gasteiger partial charge is 0.369 e. The molecule has 1 aromatic heterocycles. The Hall–Kier alpha value is -2.11. The molecule has 1 saturated heterocycles. The summed E-state index contributed by atoms with van der Waals surface area (Å²) in [5.41, 5.74) is 9.81. The number of benzene rings is 1. The fourth-order valence-corrected chi connectivity index (χ4v) is 5.50. The van der Waals surface area contributed by atoms with E-state index in [0.29, 0.717) is 0 Å². The minimum Gasteiger partial charge on any atom is -0.369 e. The van der Waals surface area contributed by atoms with Gasteiger partial charge in [0.1, 0.15) is 5.82 Å². The zero-order valence-corrected chi connectivity index (χ0v) is 17.6. The van der Waals surface area contributed by atoms with Gasteiger partial charge in [0.15, 0.2) is 0 Å². The van der Waals surface area contributed by atoms with Crippen LogP contribution >= 0.6 is 11.6 Å². The van der Waals surface area contributed by atoms with E-state index >= 15 is 0 Å². The normalized spacial score (nSPS) is 22.1. The Balaban J connectivity index is 1.63. The van der Waals surface area contributed by atoms with Crippen molar-refractivity contribution in [3.8, 4) is 0 Å². The van der Waals surface area contributed by atoms with Gasteiger partial charge in [-0.15, -0.1) is 0 Å². The number of primary amides is 1. The van der Waals surface area contributed by atoms with Crippen molar-refractivity contribution in [1.29, 1.82) is 0 Å². The van der Waals surface area contributed by atoms with E-state index in [4.69, 9.17) is 22.3 Å². The van der Waals surface area contributed by atoms with Gasteiger partial charge >= 0.3 is 0 Å². The molecule has 0 radical (unpaired) electrons. The minimum atomic E-state index is -0.160. The topological polar surface area (TPSA) is 64.2 Å². The maximum Gasteiger partial charge on any atom is 0.220 e. The quantitative estimate of drug-likeness (QED) is 0.813. The van der Waals surface area contributed by atoms with E-state index in [-0.39, 0.29) is 17.4 Å². The van der Waals surface area contributed by atoms with E-state index in [9.17, 15) is 4.79 Å². The van der Waals surface area contributed by atoms with Crippen LogP contribution in [0.25, 0.3) is 16.7 Å². The Morgan fingerprint density at radius 2 is 1.93 bits per heavy atom. The maximum atomic E-state index is 11.7. The fourth-order valence-electron chi connectivity index (χ4n) is 5.34. The number of allylic oxidation sites excluding steroid dienone is 4. The summed E-state index contributed by atoms with van der Waals surface area (Å²) in [5, 5.41) is 0.759. The van der Waals surface area contributed by atoms with Gasteiger partial charge in [-0.1, -0.05) is 30.5 Å². The average Bonchev–Trinajstić information content (AvgIpc) is 3.28. The van der Waals surface area contributed by atoms with Crippen LogP contribution in [0.3, 0.4) is 0 Å². The van der Waals surface area contributed by atoms with Gasteiger partial charge in [0.2, 0.25) is 5.91 Å². The van der Waals surface area contributed by atoms with Crippen LogP contribution in [0, 0.1) is 12.8 Å². The number of likely N-dealkylation sites (tertiary alicyclic amines) is 1. The highest BCUT2D eigenvalue weighted by molar-refractivity contribution is 6.32. The molecular formula is C23H27ClN4O. The van der Waals surface area contributed by atoms with Crippen LogP contribution in [-0.4, -0.2) is 33.4 Å². The zero-order valence-electron chi connectivity index (χ0n) is 16.8. The van der Waals surface area contributed by atoms with Gasteiger partial charge < -0.3 is 5.73 Å². The number of carbonyl (C=O) groups is 1. The molecule has 2 aromatic rings. The molecule has 1 saturated carbocycles. The van der Waals surface area contributed by atoms with Crippen molar-refractivity contribution < 1.29 is 4.79 Å². The van der Waals surface area contributed by atoms with Crippen molar-refractivity contribution in [2.24, 2.45) is 11.7 Å². The lowest BCUT2D eigenvalue weighted by atomic mass is 9.87. The van der Waals surface area contributed by atoms with Gasteiger partial charge in [-0.3, -0.25) is 14.3 Å². The molecule has 6 heteroatoms. The number of piperidine rings is 1. The molecule has 0 unspecified atom stereocenters. The van der Waals surface area contributed by atoms with Gasteiger partial charge in [-0.05, 0) is 75.5 Å². The number of nitrogens with two attached hydrogens (primary N) is 1. The molecule has 1 aromatic carbocycles. The third-order valence-corrected chi connectivity index (χ3v) is 7.48. The molecule has 2 heterocycles. The Morgan fingerprint density at radius 1 is 1.24 bits per heavy atom. The zero-order chi connectivity index (χ0) is 20.2. The minimum absolute atomic E-state index is 0.00208. The fraction of sp³-hybridized carbons (Fsp3) is 0.478. The summed E-state index contributed by atoms with van der Waals surface area (Å²) in [6, 6.07) is 4.15. The molecule has 1 aliphatic heterocycles. The van der Waals surface area contributed by atoms with Crippen LogP contribution in [-0.2, 0) is 10.3 Å². The van der Waals surface area contributed by atoms with E-state index < -0.39 is 0 Å². The van der Waals surface area contributed by atoms with Crippen molar-refractivity contribution in [3.63, 3.8) is 0 Å². The van der Waals surface area contributed by atoms with Crippen LogP contribution in [0.4, 0.5) is 0 Å². The van der Waals surface area contributed by atoms with Gasteiger partial charge in [-0.25, -0.2) is 4.98 Å². The van der Waals surface area contributed by atoms with Crippen molar-refractivity contribution in [2.45, 2.75) is 51.0 Å². The first-order valence-corrected chi connectivity index (χ1v) is 11.0. The van der Waals surface area contributed by atoms with Crippen molar-refractivity contribution >= 4 is 34.2 Å². The lowest BCUT2D eigenvalue weighted by molar-refractivity contribution is -0.123. The number of rotatable bonds is 4. The second kappa shape index (κ2) is 6.99. The molecule has 0 bridgehead atoms. The van der Waals surface area contributed by atoms with Crippen LogP contribution in [0.1, 0.15) is 49.9 Å². The molecule has 0 spiro atoms. The molecule has 2 aliphatic carbocycles. The van der Waals surface area contributed by atoms with Crippen molar-refractivity contribution in [3.05, 3.63) is 46.8 Å². The number of hydrogen-bond acceptors (Lipinski definition) is 3. The molecule has 0 atom stereocenters. The summed E-state index contributed by atoms with van der Waals surface area (Å²) >= 11 is 6.43. The van der Waals surface area contributed by atoms with Gasteiger partial charge in [0, 0.05) is 16.6 Å². The lowest BCUT2D eigenvalue weighted by Gasteiger charge is -2.44. The number of halogens is 1. The maximum absolute atomic E-state index is 11.7. The Labute approximate surface area is 176 Å². The van der Waals surface area contributed by atoms with E-state index in [1.54, 1.807) is 0 Å². The highest BCUT2D eigenvalue weighted by Gasteiger charge is 2.46. The predicted octanol–water partition coefficient (Wildman–Crippen LogP) is 4.38. The van der Waals surface area contributed by atoms with Crippen molar-refractivity contribution in [2.75, 3.05) is 13.1 Å². The smallest absolute Gasteiger partial charge is 0.220 e. The summed E-state index contributed by atoms with van der Waals surface area (Å²) in [4.78, 5) is 19.4. The Kier molecular flexibility index (Phi) is 4.56. The van der Waals surface area contributed by atoms with Crippen LogP contribution in [0.5, 0.6) is 0 Å². The number of nitrogens with zero attached hydrogens (tertiary/aromatic N) is 3. The molecule has 1 amide bonds. The number of aromatic nitrogens is 2. The third-order valence-electron chi connectivity index (χ3n) is 7.08. The van der Waals surface area contributed by atoms with Gasteiger partial charge in [-0.2, -0.15) is 0 Å². The highest BCUT2D eigenvalue weighted by atomic mass is 35.5. The third kappa shape index (κ3) is 2.94. The molecule has 5 nitrogen and oxygen atoms in total. The second-order valence-electron chi connectivity index (χ2n) is 8.71. The van der Waals surface area contributed by atoms with Gasteiger partial charge in [0.25, 0.3) is 0 Å². The summed E-state index contributed by atoms with van der Waals surface area (Å²) in [6.45, 7) is 3.83. The van der Waals surface area contributed by atoms with Gasteiger partial charge in [0.05, 0.1) is 16.6 Å². The predicted molar refractivity (Wildman–Crippen MR) is 117 cm³/mol. The number of amides is 1. The lowest BCUT2D eigenvalue weighted by Crippen LogP contribution is -2.50. The molecule has 2 fully saturated rings. The first-order valence-electron chi connectivity index (χ1n) is 10.6. The van der Waals surface area contributed by atoms with E-state index in [1.165, 1.54) is 18.5 Å². The van der Waals surface area contributed by atoms with E-state index in [1.807, 2.05) is 13.0 Å². The average molecular weight is 411 g/mol. The highest BCUT2D eigenvalue weighted by Crippen LogP contribution is 2.47. The Morgan fingerprint density at radius 3 is 2.52 bits per heavy atom. The number of carbonyl (C=O) groups excluding carboxylic acids is 1. The first kappa shape index (κ1) is 18.9. The molecule has 5 rings (SSSR count). The monoisotopic (exact) mass is 410 g/mol. The number of fused-ring (bicyclic) bond motifs is 1. The second-order valence-corrected chi connectivity index (χ2v) is 9.12. The summed E-state index contributed by atoms with van der Waals surface area (Å²) in [7, 11) is 0. The molecule has 29 heavy (non-hydrogen) atoms. The summed E-state index contributed by atoms with van der Waals surface area (Å²) in [6.07, 6.45) is 12.7. The standard InChI is InChI=1S/C23H27ClN4O/c1-15-13-20-19(14-18(15)24)26-22(28(20)17-5-4-6-17)23(9-2-3-10-23)27-11-7-16(8-12-27)21(25)29/h4-6,13-14,16H,2-3,7-12H2,1H3,(H2,25,29). The summed E-state index contributed by atoms with van der Waals surface area (Å²) < 4.78 is 2.34. The number of hydrogen-bond donors (Lipinski definition) is 1. The number of imidazole rings is 1. The molecule has 2 N–H and O–H groups in total. The van der Waals surface area contributed by atoms with Crippen LogP contribution in [0.15, 0.2) is 30.4 Å². The van der Waals surface area contributed by atoms with Crippen LogP contribution < -0.4 is 5.73 Å². The summed E-state index contributed by atoms with van der Waals surface area (Å²) in [5.74, 6) is 0.967. The SMILES string of the molecule is Cc1cc2c(cc1Cl)nc(C1(N3CCC(C(N)=O)CC3)CCCC1)n2C1=CC=C1. The van der Waals surface area contributed by atoms with E-state index in [2.05, 4.69) is 33.8 Å². The molecular weight excluding hydrogens is 384 g/mol. The number of aryl methyl sites for hydroxylation is 1. The van der Waals surface area contributed by atoms with Crippen molar-refractivity contribution in [1.82, 2.24) is 14.5 Å². The Bertz CT molecular complexity index is 1040. The van der Waals surface area contributed by atoms with Crippen LogP contribution in [0.2, 0.25) is 5.02 Å². The molecule has 152 valence electrons. The first-order chi connectivity index (χ1) is 14.0. The molecule has 3 aliphatic rings. The van der Waals surface area contributed by atoms with E-state index in [0.717, 1.165) is 66.2 Å².